The van der Waals surface area contributed by atoms with Gasteiger partial charge >= 0.3 is 11.9 Å². The standard InChI is InChI=1S/C18H16I2O4S2/c19-13-5-1-11(2-6-13)9-15(17(21)22)25-26-16(18(23)24)10-12-3-7-14(20)8-4-12/h1-8,15-16H,9-10H2,(H,21,22)(H,23,24). The van der Waals surface area contributed by atoms with E-state index < -0.39 is 22.4 Å². The highest BCUT2D eigenvalue weighted by atomic mass is 127. The maximum atomic E-state index is 11.6. The van der Waals surface area contributed by atoms with Crippen molar-refractivity contribution in [3.63, 3.8) is 0 Å². The van der Waals surface area contributed by atoms with E-state index in [-0.39, 0.29) is 0 Å². The highest BCUT2D eigenvalue weighted by Gasteiger charge is 2.25. The first-order chi connectivity index (χ1) is 12.3. The van der Waals surface area contributed by atoms with Gasteiger partial charge in [0.2, 0.25) is 0 Å². The van der Waals surface area contributed by atoms with Crippen molar-refractivity contribution in [3.8, 4) is 0 Å². The molecular formula is C18H16I2O4S2. The highest BCUT2D eigenvalue weighted by molar-refractivity contribution is 14.1. The monoisotopic (exact) mass is 614 g/mol. The first kappa shape index (κ1) is 21.8. The zero-order chi connectivity index (χ0) is 19.1. The van der Waals surface area contributed by atoms with Crippen LogP contribution in [0.15, 0.2) is 48.5 Å². The van der Waals surface area contributed by atoms with E-state index in [0.717, 1.165) is 39.9 Å². The van der Waals surface area contributed by atoms with E-state index in [1.165, 1.54) is 0 Å². The fraction of sp³-hybridized carbons (Fsp3) is 0.222. The van der Waals surface area contributed by atoms with E-state index in [0.29, 0.717) is 12.8 Å². The lowest BCUT2D eigenvalue weighted by Gasteiger charge is -2.16. The Bertz CT molecular complexity index is 685. The van der Waals surface area contributed by atoms with Crippen LogP contribution < -0.4 is 0 Å². The Kier molecular flexibility index (Phi) is 9.04. The summed E-state index contributed by atoms with van der Waals surface area (Å²) in [5, 5.41) is 17.6. The van der Waals surface area contributed by atoms with Gasteiger partial charge in [-0.05, 0) is 93.4 Å². The smallest absolute Gasteiger partial charge is 0.317 e. The molecule has 0 bridgehead atoms. The molecule has 0 saturated carbocycles. The summed E-state index contributed by atoms with van der Waals surface area (Å²) in [6.45, 7) is 0. The number of hydrogen-bond donors (Lipinski definition) is 2. The fourth-order valence-electron chi connectivity index (χ4n) is 2.13. The molecular weight excluding hydrogens is 598 g/mol. The minimum atomic E-state index is -0.931. The molecule has 0 aliphatic heterocycles. The Hall–Kier alpha value is -0.460. The van der Waals surface area contributed by atoms with Gasteiger partial charge in [-0.25, -0.2) is 0 Å². The maximum Gasteiger partial charge on any atom is 0.317 e. The van der Waals surface area contributed by atoms with Gasteiger partial charge in [0.15, 0.2) is 0 Å². The Morgan fingerprint density at radius 2 is 1.04 bits per heavy atom. The van der Waals surface area contributed by atoms with E-state index in [1.54, 1.807) is 0 Å². The third kappa shape index (κ3) is 7.28. The predicted octanol–water partition coefficient (Wildman–Crippen LogP) is 4.97. The molecule has 2 aromatic rings. The van der Waals surface area contributed by atoms with E-state index in [1.807, 2.05) is 48.5 Å². The molecule has 0 spiro atoms. The summed E-state index contributed by atoms with van der Waals surface area (Å²) >= 11 is 4.39. The number of rotatable bonds is 9. The van der Waals surface area contributed by atoms with Gasteiger partial charge in [0, 0.05) is 7.14 Å². The van der Waals surface area contributed by atoms with E-state index in [4.69, 9.17) is 0 Å². The average molecular weight is 614 g/mol. The zero-order valence-electron chi connectivity index (χ0n) is 13.5. The lowest BCUT2D eigenvalue weighted by atomic mass is 10.1. The van der Waals surface area contributed by atoms with Crippen LogP contribution in [-0.4, -0.2) is 32.7 Å². The van der Waals surface area contributed by atoms with Gasteiger partial charge in [0.25, 0.3) is 0 Å². The van der Waals surface area contributed by atoms with Crippen molar-refractivity contribution in [2.45, 2.75) is 23.3 Å². The molecule has 2 rings (SSSR count). The van der Waals surface area contributed by atoms with Crippen LogP contribution in [0.1, 0.15) is 11.1 Å². The van der Waals surface area contributed by atoms with E-state index in [2.05, 4.69) is 45.2 Å². The molecule has 2 unspecified atom stereocenters. The van der Waals surface area contributed by atoms with Gasteiger partial charge in [-0.3, -0.25) is 9.59 Å². The molecule has 0 heterocycles. The van der Waals surface area contributed by atoms with Gasteiger partial charge < -0.3 is 10.2 Å². The Labute approximate surface area is 187 Å². The average Bonchev–Trinajstić information content (AvgIpc) is 2.60. The second kappa shape index (κ2) is 10.8. The minimum absolute atomic E-state index is 0.361. The van der Waals surface area contributed by atoms with E-state index >= 15 is 0 Å². The van der Waals surface area contributed by atoms with Crippen LogP contribution in [0.5, 0.6) is 0 Å². The van der Waals surface area contributed by atoms with E-state index in [9.17, 15) is 19.8 Å². The first-order valence-corrected chi connectivity index (χ1v) is 12.0. The van der Waals surface area contributed by atoms with Crippen LogP contribution >= 0.6 is 66.8 Å². The molecule has 4 nitrogen and oxygen atoms in total. The molecule has 0 aliphatic rings. The van der Waals surface area contributed by atoms with Crippen molar-refractivity contribution >= 4 is 78.7 Å². The summed E-state index contributed by atoms with van der Waals surface area (Å²) in [6.07, 6.45) is 0.722. The van der Waals surface area contributed by atoms with Crippen molar-refractivity contribution in [2.75, 3.05) is 0 Å². The number of aliphatic carboxylic acids is 2. The lowest BCUT2D eigenvalue weighted by Crippen LogP contribution is -2.22. The second-order valence-electron chi connectivity index (χ2n) is 5.51. The van der Waals surface area contributed by atoms with Gasteiger partial charge in [-0.1, -0.05) is 45.9 Å². The van der Waals surface area contributed by atoms with Crippen LogP contribution in [0.3, 0.4) is 0 Å². The van der Waals surface area contributed by atoms with Gasteiger partial charge in [0.1, 0.15) is 10.5 Å². The highest BCUT2D eigenvalue weighted by Crippen LogP contribution is 2.35. The number of carbonyl (C=O) groups is 2. The van der Waals surface area contributed by atoms with Crippen molar-refractivity contribution in [1.29, 1.82) is 0 Å². The molecule has 138 valence electrons. The quantitative estimate of drug-likeness (QED) is 0.307. The van der Waals surface area contributed by atoms with Crippen LogP contribution in [0.25, 0.3) is 0 Å². The molecule has 0 saturated heterocycles. The molecule has 2 aromatic carbocycles. The lowest BCUT2D eigenvalue weighted by molar-refractivity contribution is -0.137. The topological polar surface area (TPSA) is 74.6 Å². The molecule has 0 radical (unpaired) electrons. The molecule has 26 heavy (non-hydrogen) atoms. The molecule has 0 aliphatic carbocycles. The van der Waals surface area contributed by atoms with Crippen molar-refractivity contribution < 1.29 is 19.8 Å². The summed E-state index contributed by atoms with van der Waals surface area (Å²) in [5.41, 5.74) is 1.85. The predicted molar refractivity (Wildman–Crippen MR) is 124 cm³/mol. The van der Waals surface area contributed by atoms with Crippen LogP contribution in [0.4, 0.5) is 0 Å². The van der Waals surface area contributed by atoms with Gasteiger partial charge in [-0.2, -0.15) is 0 Å². The first-order valence-electron chi connectivity index (χ1n) is 7.62. The molecule has 2 N–H and O–H groups in total. The third-order valence-corrected chi connectivity index (χ3v) is 7.99. The van der Waals surface area contributed by atoms with Gasteiger partial charge in [0.05, 0.1) is 0 Å². The number of halogens is 2. The minimum Gasteiger partial charge on any atom is -0.480 e. The molecule has 0 fully saturated rings. The summed E-state index contributed by atoms with van der Waals surface area (Å²) in [5.74, 6) is -1.86. The second-order valence-corrected chi connectivity index (χ2v) is 10.7. The maximum absolute atomic E-state index is 11.6. The van der Waals surface area contributed by atoms with Crippen LogP contribution in [0.2, 0.25) is 0 Å². The Morgan fingerprint density at radius 3 is 1.31 bits per heavy atom. The molecule has 0 amide bonds. The SMILES string of the molecule is O=C(O)C(Cc1ccc(I)cc1)SSC(Cc1ccc(I)cc1)C(=O)O. The van der Waals surface area contributed by atoms with Crippen molar-refractivity contribution in [1.82, 2.24) is 0 Å². The number of carboxylic acids is 2. The molecule has 2 atom stereocenters. The fourth-order valence-corrected chi connectivity index (χ4v) is 5.51. The van der Waals surface area contributed by atoms with Crippen LogP contribution in [0, 0.1) is 7.14 Å². The summed E-state index contributed by atoms with van der Waals surface area (Å²) in [7, 11) is 2.24. The number of hydrogen-bond acceptors (Lipinski definition) is 4. The normalized spacial score (nSPS) is 13.2. The summed E-state index contributed by atoms with van der Waals surface area (Å²) in [6, 6.07) is 15.4. The molecule has 0 aromatic heterocycles. The molecule has 8 heteroatoms. The largest absolute Gasteiger partial charge is 0.480 e. The Morgan fingerprint density at radius 1 is 0.731 bits per heavy atom. The zero-order valence-corrected chi connectivity index (χ0v) is 19.4. The van der Waals surface area contributed by atoms with Crippen molar-refractivity contribution in [3.05, 3.63) is 66.8 Å². The summed E-state index contributed by atoms with van der Waals surface area (Å²) in [4.78, 5) is 23.1. The van der Waals surface area contributed by atoms with Crippen LogP contribution in [-0.2, 0) is 22.4 Å². The van der Waals surface area contributed by atoms with Gasteiger partial charge in [-0.15, -0.1) is 0 Å². The summed E-state index contributed by atoms with van der Waals surface area (Å²) < 4.78 is 2.17. The number of carboxylic acid groups (broad SMARTS) is 2. The van der Waals surface area contributed by atoms with Crippen molar-refractivity contribution in [2.24, 2.45) is 0 Å². The number of benzene rings is 2. The Balaban J connectivity index is 1.99. The third-order valence-electron chi connectivity index (χ3n) is 3.51.